The monoisotopic (exact) mass is 422 g/mol. The van der Waals surface area contributed by atoms with Gasteiger partial charge in [0.25, 0.3) is 0 Å². The SMILES string of the molecule is CCc1ccc2c(c1)CN(CCOC)CC2.CCc1cccc(CN2CCC(C)C2)c1. The fraction of sp³-hybridized carbons (Fsp3) is 0.571. The van der Waals surface area contributed by atoms with Crippen molar-refractivity contribution in [2.45, 2.75) is 59.5 Å². The molecular formula is C28H42N2O. The van der Waals surface area contributed by atoms with E-state index in [0.29, 0.717) is 0 Å². The van der Waals surface area contributed by atoms with Gasteiger partial charge in [-0.2, -0.15) is 0 Å². The van der Waals surface area contributed by atoms with Crippen molar-refractivity contribution in [3.8, 4) is 0 Å². The van der Waals surface area contributed by atoms with E-state index in [1.165, 1.54) is 60.3 Å². The van der Waals surface area contributed by atoms with Crippen molar-refractivity contribution < 1.29 is 4.74 Å². The lowest BCUT2D eigenvalue weighted by atomic mass is 9.97. The van der Waals surface area contributed by atoms with E-state index in [2.05, 4.69) is 73.0 Å². The molecule has 1 unspecified atom stereocenters. The second-order valence-electron chi connectivity index (χ2n) is 9.28. The van der Waals surface area contributed by atoms with Crippen molar-refractivity contribution in [2.24, 2.45) is 5.92 Å². The molecule has 2 aliphatic heterocycles. The van der Waals surface area contributed by atoms with Crippen LogP contribution in [0, 0.1) is 5.92 Å². The van der Waals surface area contributed by atoms with E-state index in [1.807, 2.05) is 0 Å². The maximum Gasteiger partial charge on any atom is 0.0589 e. The third-order valence-corrected chi connectivity index (χ3v) is 6.70. The highest BCUT2D eigenvalue weighted by Gasteiger charge is 2.18. The minimum Gasteiger partial charge on any atom is -0.383 e. The van der Waals surface area contributed by atoms with Crippen molar-refractivity contribution in [1.82, 2.24) is 9.80 Å². The van der Waals surface area contributed by atoms with Gasteiger partial charge in [-0.15, -0.1) is 0 Å². The third-order valence-electron chi connectivity index (χ3n) is 6.70. The largest absolute Gasteiger partial charge is 0.383 e. The van der Waals surface area contributed by atoms with E-state index in [1.54, 1.807) is 7.11 Å². The summed E-state index contributed by atoms with van der Waals surface area (Å²) in [6.45, 7) is 14.6. The molecule has 1 fully saturated rings. The van der Waals surface area contributed by atoms with Crippen molar-refractivity contribution in [3.05, 3.63) is 70.3 Å². The summed E-state index contributed by atoms with van der Waals surface area (Å²) < 4.78 is 5.14. The van der Waals surface area contributed by atoms with E-state index < -0.39 is 0 Å². The zero-order valence-corrected chi connectivity index (χ0v) is 20.2. The summed E-state index contributed by atoms with van der Waals surface area (Å²) in [7, 11) is 1.77. The summed E-state index contributed by atoms with van der Waals surface area (Å²) in [6.07, 6.45) is 4.83. The molecule has 1 saturated heterocycles. The summed E-state index contributed by atoms with van der Waals surface area (Å²) in [4.78, 5) is 5.05. The Hall–Kier alpha value is -1.68. The maximum absolute atomic E-state index is 5.14. The van der Waals surface area contributed by atoms with Crippen LogP contribution in [-0.2, 0) is 37.1 Å². The molecule has 0 N–H and O–H groups in total. The Labute approximate surface area is 190 Å². The number of hydrogen-bond acceptors (Lipinski definition) is 3. The number of benzene rings is 2. The van der Waals surface area contributed by atoms with Crippen molar-refractivity contribution >= 4 is 0 Å². The van der Waals surface area contributed by atoms with Crippen LogP contribution in [0.15, 0.2) is 42.5 Å². The summed E-state index contributed by atoms with van der Waals surface area (Å²) in [5, 5.41) is 0. The highest BCUT2D eigenvalue weighted by atomic mass is 16.5. The molecule has 0 amide bonds. The molecule has 1 atom stereocenters. The summed E-state index contributed by atoms with van der Waals surface area (Å²) >= 11 is 0. The lowest BCUT2D eigenvalue weighted by Crippen LogP contribution is -2.33. The Kier molecular flexibility index (Phi) is 9.57. The van der Waals surface area contributed by atoms with Gasteiger partial charge in [-0.3, -0.25) is 9.80 Å². The molecule has 2 aliphatic rings. The van der Waals surface area contributed by atoms with Crippen LogP contribution in [0.4, 0.5) is 0 Å². The first-order valence-corrected chi connectivity index (χ1v) is 12.2. The van der Waals surface area contributed by atoms with Gasteiger partial charge in [0.05, 0.1) is 6.61 Å². The van der Waals surface area contributed by atoms with Crippen molar-refractivity contribution in [3.63, 3.8) is 0 Å². The topological polar surface area (TPSA) is 15.7 Å². The number of fused-ring (bicyclic) bond motifs is 1. The van der Waals surface area contributed by atoms with Crippen LogP contribution >= 0.6 is 0 Å². The smallest absolute Gasteiger partial charge is 0.0589 e. The number of hydrogen-bond donors (Lipinski definition) is 0. The maximum atomic E-state index is 5.14. The van der Waals surface area contributed by atoms with Gasteiger partial charge in [0, 0.05) is 39.8 Å². The lowest BCUT2D eigenvalue weighted by molar-refractivity contribution is 0.141. The minimum absolute atomic E-state index is 0.836. The Morgan fingerprint density at radius 2 is 1.68 bits per heavy atom. The molecule has 3 heteroatoms. The molecule has 2 heterocycles. The highest BCUT2D eigenvalue weighted by Crippen LogP contribution is 2.20. The van der Waals surface area contributed by atoms with Crippen molar-refractivity contribution in [1.29, 1.82) is 0 Å². The average Bonchev–Trinajstić information content (AvgIpc) is 3.22. The molecule has 4 rings (SSSR count). The fourth-order valence-corrected chi connectivity index (χ4v) is 4.68. The zero-order valence-electron chi connectivity index (χ0n) is 20.2. The quantitative estimate of drug-likeness (QED) is 0.599. The molecule has 2 aromatic carbocycles. The van der Waals surface area contributed by atoms with Crippen LogP contribution in [0.5, 0.6) is 0 Å². The van der Waals surface area contributed by atoms with Crippen LogP contribution < -0.4 is 0 Å². The first-order valence-electron chi connectivity index (χ1n) is 12.2. The van der Waals surface area contributed by atoms with Gasteiger partial charge in [-0.1, -0.05) is 63.2 Å². The van der Waals surface area contributed by atoms with Crippen molar-refractivity contribution in [2.75, 3.05) is 39.9 Å². The molecule has 0 aromatic heterocycles. The van der Waals surface area contributed by atoms with E-state index in [0.717, 1.165) is 45.0 Å². The van der Waals surface area contributed by atoms with Crippen LogP contribution in [-0.4, -0.2) is 49.7 Å². The fourth-order valence-electron chi connectivity index (χ4n) is 4.68. The predicted octanol–water partition coefficient (Wildman–Crippen LogP) is 5.34. The van der Waals surface area contributed by atoms with E-state index in [4.69, 9.17) is 4.74 Å². The van der Waals surface area contributed by atoms with Gasteiger partial charge in [0.2, 0.25) is 0 Å². The number of likely N-dealkylation sites (tertiary alicyclic amines) is 1. The normalized spacial score (nSPS) is 19.0. The molecule has 0 bridgehead atoms. The van der Waals surface area contributed by atoms with Crippen LogP contribution in [0.25, 0.3) is 0 Å². The Morgan fingerprint density at radius 3 is 2.39 bits per heavy atom. The standard InChI is InChI=1S/C14H21NO.C14H21N/c1-3-12-4-5-13-6-7-15(8-9-16-2)11-14(13)10-12;1-3-13-5-4-6-14(9-13)11-15-8-7-12(2)10-15/h4-5,10H,3,6-9,11H2,1-2H3;4-6,9,12H,3,7-8,10-11H2,1-2H3. The Bertz CT molecular complexity index is 803. The predicted molar refractivity (Wildman–Crippen MR) is 132 cm³/mol. The number of nitrogens with zero attached hydrogens (tertiary/aromatic N) is 2. The van der Waals surface area contributed by atoms with Gasteiger partial charge in [0.15, 0.2) is 0 Å². The molecule has 0 saturated carbocycles. The molecule has 0 radical (unpaired) electrons. The molecule has 2 aromatic rings. The molecule has 0 aliphatic carbocycles. The lowest BCUT2D eigenvalue weighted by Gasteiger charge is -2.28. The van der Waals surface area contributed by atoms with Gasteiger partial charge in [0.1, 0.15) is 0 Å². The second-order valence-corrected chi connectivity index (χ2v) is 9.28. The van der Waals surface area contributed by atoms with Gasteiger partial charge >= 0.3 is 0 Å². The number of ether oxygens (including phenoxy) is 1. The molecule has 0 spiro atoms. The number of methoxy groups -OCH3 is 1. The molecule has 170 valence electrons. The first kappa shape index (κ1) is 24.0. The first-order chi connectivity index (χ1) is 15.1. The van der Waals surface area contributed by atoms with Crippen LogP contribution in [0.1, 0.15) is 55.0 Å². The number of rotatable bonds is 7. The number of aryl methyl sites for hydroxylation is 2. The molecule has 3 nitrogen and oxygen atoms in total. The summed E-state index contributed by atoms with van der Waals surface area (Å²) in [5.74, 6) is 0.888. The zero-order chi connectivity index (χ0) is 22.1. The third kappa shape index (κ3) is 7.45. The summed E-state index contributed by atoms with van der Waals surface area (Å²) in [5.41, 5.74) is 7.43. The van der Waals surface area contributed by atoms with Gasteiger partial charge < -0.3 is 4.74 Å². The second kappa shape index (κ2) is 12.4. The molecule has 31 heavy (non-hydrogen) atoms. The van der Waals surface area contributed by atoms with Gasteiger partial charge in [-0.05, 0) is 66.0 Å². The average molecular weight is 423 g/mol. The summed E-state index contributed by atoms with van der Waals surface area (Å²) in [6, 6.07) is 16.0. The van der Waals surface area contributed by atoms with E-state index in [9.17, 15) is 0 Å². The Morgan fingerprint density at radius 1 is 0.903 bits per heavy atom. The highest BCUT2D eigenvalue weighted by molar-refractivity contribution is 5.33. The van der Waals surface area contributed by atoms with Crippen LogP contribution in [0.3, 0.4) is 0 Å². The van der Waals surface area contributed by atoms with E-state index >= 15 is 0 Å². The molecular weight excluding hydrogens is 380 g/mol. The van der Waals surface area contributed by atoms with Crippen LogP contribution in [0.2, 0.25) is 0 Å². The van der Waals surface area contributed by atoms with Gasteiger partial charge in [-0.25, -0.2) is 0 Å². The Balaban J connectivity index is 0.000000176. The van der Waals surface area contributed by atoms with E-state index in [-0.39, 0.29) is 0 Å². The minimum atomic E-state index is 0.836.